The van der Waals surface area contributed by atoms with Crippen molar-refractivity contribution in [2.24, 2.45) is 5.92 Å². The fraction of sp³-hybridized carbons (Fsp3) is 0.121. The van der Waals surface area contributed by atoms with Gasteiger partial charge in [0.25, 0.3) is 0 Å². The molecule has 2 aromatic carbocycles. The first-order valence-corrected chi connectivity index (χ1v) is 14.8. The monoisotopic (exact) mass is 602 g/mol. The van der Waals surface area contributed by atoms with Crippen LogP contribution in [0.3, 0.4) is 0 Å². The first kappa shape index (κ1) is 27.9. The molecule has 0 saturated carbocycles. The van der Waals surface area contributed by atoms with E-state index >= 15 is 0 Å². The molecule has 0 bridgehead atoms. The van der Waals surface area contributed by atoms with Gasteiger partial charge in [-0.05, 0) is 59.8 Å². The molecule has 10 heteroatoms. The first-order valence-electron chi connectivity index (χ1n) is 13.1. The Labute approximate surface area is 254 Å². The van der Waals surface area contributed by atoms with Gasteiger partial charge in [0.2, 0.25) is 0 Å². The molecule has 5 aromatic rings. The van der Waals surface area contributed by atoms with E-state index < -0.39 is 28.9 Å². The largest absolute Gasteiger partial charge is 0.465 e. The van der Waals surface area contributed by atoms with Crippen molar-refractivity contribution in [1.82, 2.24) is 4.98 Å². The third kappa shape index (κ3) is 4.28. The van der Waals surface area contributed by atoms with Gasteiger partial charge in [0.05, 0.1) is 29.8 Å². The minimum atomic E-state index is -2.04. The van der Waals surface area contributed by atoms with Crippen molar-refractivity contribution in [1.29, 1.82) is 10.5 Å². The topological polar surface area (TPSA) is 150 Å². The van der Waals surface area contributed by atoms with Crippen molar-refractivity contribution in [3.05, 3.63) is 97.0 Å². The summed E-state index contributed by atoms with van der Waals surface area (Å²) >= 11 is 2.75. The Balaban J connectivity index is 1.44. The number of nitrogens with two attached hydrogens (primary N) is 1. The molecule has 1 aliphatic rings. The second kappa shape index (κ2) is 10.5. The van der Waals surface area contributed by atoms with Crippen molar-refractivity contribution in [3.63, 3.8) is 0 Å². The van der Waals surface area contributed by atoms with Gasteiger partial charge in [-0.25, -0.2) is 4.79 Å². The second-order valence-electron chi connectivity index (χ2n) is 10.1. The van der Waals surface area contributed by atoms with Crippen molar-refractivity contribution >= 4 is 69.0 Å². The number of ketones is 2. The maximum absolute atomic E-state index is 13.5. The number of aryl methyl sites for hydroxylation is 1. The lowest BCUT2D eigenvalue weighted by molar-refractivity contribution is 0.0605. The standard InChI is InChI=1S/C33H22N4O4S2/c1-17-28(33(15-34,16-35)29-30(38)20-5-3-4-6-21(20)31(29)39)22-13-18(7-8-24(22)37-17)19-11-12-42-25(19)9-10-26-23(36)14-27(43-26)32(40)41-2/h3-14,29,37H,36H2,1-2H3/b10-9+. The number of thiophene rings is 2. The molecule has 3 heterocycles. The van der Waals surface area contributed by atoms with E-state index in [9.17, 15) is 24.9 Å². The number of methoxy groups -OCH3 is 1. The van der Waals surface area contributed by atoms with E-state index in [-0.39, 0.29) is 11.1 Å². The summed E-state index contributed by atoms with van der Waals surface area (Å²) in [7, 11) is 1.32. The minimum absolute atomic E-state index is 0.227. The molecule has 0 saturated heterocycles. The zero-order chi connectivity index (χ0) is 30.5. The van der Waals surface area contributed by atoms with Gasteiger partial charge in [-0.2, -0.15) is 10.5 Å². The molecule has 3 N–H and O–H groups in total. The highest BCUT2D eigenvalue weighted by Crippen LogP contribution is 2.45. The highest BCUT2D eigenvalue weighted by atomic mass is 32.1. The summed E-state index contributed by atoms with van der Waals surface area (Å²) in [6.07, 6.45) is 3.76. The van der Waals surface area contributed by atoms with E-state index in [0.29, 0.717) is 32.7 Å². The Morgan fingerprint density at radius 1 is 1.00 bits per heavy atom. The maximum Gasteiger partial charge on any atom is 0.348 e. The Hall–Kier alpha value is -5.29. The zero-order valence-electron chi connectivity index (χ0n) is 22.9. The van der Waals surface area contributed by atoms with Crippen LogP contribution in [0.1, 0.15) is 51.4 Å². The molecule has 0 unspecified atom stereocenters. The van der Waals surface area contributed by atoms with Crippen LogP contribution in [-0.2, 0) is 10.2 Å². The molecule has 0 amide bonds. The highest BCUT2D eigenvalue weighted by Gasteiger charge is 2.56. The molecule has 0 fully saturated rings. The number of nitrogens with one attached hydrogen (secondary N) is 1. The molecule has 0 atom stereocenters. The predicted octanol–water partition coefficient (Wildman–Crippen LogP) is 6.79. The van der Waals surface area contributed by atoms with Crippen molar-refractivity contribution in [3.8, 4) is 23.3 Å². The van der Waals surface area contributed by atoms with Gasteiger partial charge in [0, 0.05) is 38.2 Å². The number of benzene rings is 2. The number of fused-ring (bicyclic) bond motifs is 2. The summed E-state index contributed by atoms with van der Waals surface area (Å²) < 4.78 is 4.79. The average Bonchev–Trinajstić information content (AvgIpc) is 3.78. The number of nitriles is 2. The number of hydrogen-bond donors (Lipinski definition) is 2. The third-order valence-electron chi connectivity index (χ3n) is 7.72. The Bertz CT molecular complexity index is 2050. The van der Waals surface area contributed by atoms with E-state index in [1.165, 1.54) is 29.8 Å². The van der Waals surface area contributed by atoms with Gasteiger partial charge >= 0.3 is 5.97 Å². The number of nitrogens with zero attached hydrogens (tertiary/aromatic N) is 2. The smallest absolute Gasteiger partial charge is 0.348 e. The Kier molecular flexibility index (Phi) is 6.82. The zero-order valence-corrected chi connectivity index (χ0v) is 24.6. The van der Waals surface area contributed by atoms with Gasteiger partial charge in [-0.1, -0.05) is 30.3 Å². The van der Waals surface area contributed by atoms with Gasteiger partial charge in [0.15, 0.2) is 17.0 Å². The summed E-state index contributed by atoms with van der Waals surface area (Å²) in [5.74, 6) is -2.98. The summed E-state index contributed by atoms with van der Waals surface area (Å²) in [6.45, 7) is 1.74. The van der Waals surface area contributed by atoms with E-state index in [1.54, 1.807) is 37.3 Å². The van der Waals surface area contributed by atoms with E-state index in [0.717, 1.165) is 20.9 Å². The molecule has 3 aromatic heterocycles. The molecule has 0 spiro atoms. The molecule has 0 radical (unpaired) electrons. The predicted molar refractivity (Wildman–Crippen MR) is 167 cm³/mol. The van der Waals surface area contributed by atoms with Gasteiger partial charge < -0.3 is 15.5 Å². The number of ether oxygens (including phenoxy) is 1. The van der Waals surface area contributed by atoms with Crippen LogP contribution in [0, 0.1) is 35.5 Å². The maximum atomic E-state index is 13.5. The molecular weight excluding hydrogens is 581 g/mol. The number of carbonyl (C=O) groups is 3. The van der Waals surface area contributed by atoms with Crippen LogP contribution in [-0.4, -0.2) is 29.6 Å². The van der Waals surface area contributed by atoms with E-state index in [2.05, 4.69) is 17.1 Å². The lowest BCUT2D eigenvalue weighted by Gasteiger charge is -2.24. The van der Waals surface area contributed by atoms with Crippen LogP contribution in [0.2, 0.25) is 0 Å². The fourth-order valence-corrected chi connectivity index (χ4v) is 7.45. The summed E-state index contributed by atoms with van der Waals surface area (Å²) in [5.41, 5.74) is 8.25. The van der Waals surface area contributed by atoms with Crippen molar-refractivity contribution < 1.29 is 19.1 Å². The second-order valence-corrected chi connectivity index (χ2v) is 12.1. The highest BCUT2D eigenvalue weighted by molar-refractivity contribution is 7.15. The Morgan fingerprint density at radius 2 is 1.67 bits per heavy atom. The number of nitrogen functional groups attached to an aromatic ring is 1. The SMILES string of the molecule is COC(=O)c1cc(N)c(/C=C/c2sccc2-c2ccc3[nH]c(C)c(C(C#N)(C#N)C4C(=O)c5ccccc5C4=O)c3c2)s1. The van der Waals surface area contributed by atoms with Gasteiger partial charge in [-0.15, -0.1) is 22.7 Å². The van der Waals surface area contributed by atoms with Crippen LogP contribution in [0.15, 0.2) is 60.0 Å². The lowest BCUT2D eigenvalue weighted by Crippen LogP contribution is -2.39. The van der Waals surface area contributed by atoms with Crippen molar-refractivity contribution in [2.75, 3.05) is 12.8 Å². The summed E-state index contributed by atoms with van der Waals surface area (Å²) in [4.78, 5) is 44.2. The number of Topliss-reactive ketones (excluding diaryl/α,β-unsaturated/α-hetero) is 2. The third-order valence-corrected chi connectivity index (χ3v) is 9.70. The Morgan fingerprint density at radius 3 is 2.33 bits per heavy atom. The summed E-state index contributed by atoms with van der Waals surface area (Å²) in [5, 5.41) is 23.6. The number of esters is 1. The number of rotatable bonds is 6. The molecule has 210 valence electrons. The normalized spacial score (nSPS) is 13.4. The number of aromatic amines is 1. The molecule has 43 heavy (non-hydrogen) atoms. The van der Waals surface area contributed by atoms with Gasteiger partial charge in [0.1, 0.15) is 10.8 Å². The number of anilines is 1. The van der Waals surface area contributed by atoms with Gasteiger partial charge in [-0.3, -0.25) is 9.59 Å². The molecule has 8 nitrogen and oxygen atoms in total. The van der Waals surface area contributed by atoms with Crippen LogP contribution in [0.4, 0.5) is 5.69 Å². The minimum Gasteiger partial charge on any atom is -0.465 e. The number of H-pyrrole nitrogens is 1. The quantitative estimate of drug-likeness (QED) is 0.161. The first-order chi connectivity index (χ1) is 20.7. The van der Waals surface area contributed by atoms with E-state index in [1.807, 2.05) is 41.8 Å². The summed E-state index contributed by atoms with van der Waals surface area (Å²) in [6, 6.07) is 19.8. The number of carbonyl (C=O) groups excluding carboxylic acids is 3. The van der Waals surface area contributed by atoms with Crippen molar-refractivity contribution in [2.45, 2.75) is 12.3 Å². The van der Waals surface area contributed by atoms with Crippen LogP contribution in [0.25, 0.3) is 34.2 Å². The number of hydrogen-bond acceptors (Lipinski definition) is 9. The van der Waals surface area contributed by atoms with Crippen LogP contribution < -0.4 is 5.73 Å². The molecule has 0 aliphatic heterocycles. The molecular formula is C33H22N4O4S2. The molecule has 6 rings (SSSR count). The molecule has 1 aliphatic carbocycles. The van der Waals surface area contributed by atoms with Crippen LogP contribution in [0.5, 0.6) is 0 Å². The van der Waals surface area contributed by atoms with Crippen LogP contribution >= 0.6 is 22.7 Å². The fourth-order valence-electron chi connectivity index (χ4n) is 5.74. The van der Waals surface area contributed by atoms with E-state index in [4.69, 9.17) is 10.5 Å². The lowest BCUT2D eigenvalue weighted by atomic mass is 9.69. The average molecular weight is 603 g/mol. The number of aromatic nitrogens is 1.